The van der Waals surface area contributed by atoms with Crippen LogP contribution in [-0.2, 0) is 9.47 Å². The molecule has 0 spiro atoms. The third-order valence-electron chi connectivity index (χ3n) is 3.21. The van der Waals surface area contributed by atoms with Gasteiger partial charge in [0, 0.05) is 32.2 Å². The molecule has 0 heterocycles. The van der Waals surface area contributed by atoms with Crippen LogP contribution in [0.15, 0.2) is 0 Å². The smallest absolute Gasteiger partial charge is 0.0590 e. The Morgan fingerprint density at radius 3 is 2.88 bits per heavy atom. The molecule has 0 aliphatic heterocycles. The Balaban J connectivity index is 1.83. The van der Waals surface area contributed by atoms with Crippen LogP contribution in [0.3, 0.4) is 0 Å². The second kappa shape index (κ2) is 10.1. The van der Waals surface area contributed by atoms with Gasteiger partial charge in [-0.1, -0.05) is 6.42 Å². The topological polar surface area (TPSA) is 30.5 Å². The Labute approximate surface area is 110 Å². The first kappa shape index (κ1) is 15.2. The van der Waals surface area contributed by atoms with E-state index in [1.54, 1.807) is 7.11 Å². The highest BCUT2D eigenvalue weighted by Gasteiger charge is 2.19. The van der Waals surface area contributed by atoms with E-state index in [-0.39, 0.29) is 0 Å². The molecule has 1 rings (SSSR count). The molecule has 0 aromatic carbocycles. The van der Waals surface area contributed by atoms with E-state index in [0.29, 0.717) is 5.38 Å². The molecular formula is C13H26ClNO2. The second-order valence-electron chi connectivity index (χ2n) is 4.79. The summed E-state index contributed by atoms with van der Waals surface area (Å²) in [6.07, 6.45) is 5.95. The fourth-order valence-electron chi connectivity index (χ4n) is 2.27. The number of halogens is 1. The Hall–Kier alpha value is 0.170. The molecular weight excluding hydrogens is 238 g/mol. The number of ether oxygens (including phenoxy) is 2. The van der Waals surface area contributed by atoms with Gasteiger partial charge in [0.15, 0.2) is 0 Å². The molecule has 4 heteroatoms. The molecule has 2 unspecified atom stereocenters. The van der Waals surface area contributed by atoms with Crippen molar-refractivity contribution < 1.29 is 9.47 Å². The van der Waals surface area contributed by atoms with E-state index < -0.39 is 0 Å². The maximum atomic E-state index is 6.16. The zero-order valence-corrected chi connectivity index (χ0v) is 11.7. The van der Waals surface area contributed by atoms with E-state index in [9.17, 15) is 0 Å². The highest BCUT2D eigenvalue weighted by molar-refractivity contribution is 6.20. The summed E-state index contributed by atoms with van der Waals surface area (Å²) in [6, 6.07) is 0. The van der Waals surface area contributed by atoms with E-state index in [1.807, 2.05) is 0 Å². The van der Waals surface area contributed by atoms with E-state index in [0.717, 1.165) is 45.2 Å². The number of methoxy groups -OCH3 is 1. The highest BCUT2D eigenvalue weighted by atomic mass is 35.5. The molecule has 0 aromatic rings. The largest absolute Gasteiger partial charge is 0.385 e. The average Bonchev–Trinajstić information content (AvgIpc) is 2.33. The summed E-state index contributed by atoms with van der Waals surface area (Å²) in [4.78, 5) is 0. The van der Waals surface area contributed by atoms with Crippen LogP contribution < -0.4 is 5.32 Å². The molecule has 0 saturated heterocycles. The summed E-state index contributed by atoms with van der Waals surface area (Å²) < 4.78 is 10.4. The minimum Gasteiger partial charge on any atom is -0.385 e. The molecule has 0 amide bonds. The van der Waals surface area contributed by atoms with Crippen molar-refractivity contribution in [3.8, 4) is 0 Å². The van der Waals surface area contributed by atoms with Crippen molar-refractivity contribution in [3.05, 3.63) is 0 Å². The van der Waals surface area contributed by atoms with Crippen LogP contribution in [0.5, 0.6) is 0 Å². The minimum absolute atomic E-state index is 0.404. The fourth-order valence-corrected chi connectivity index (χ4v) is 2.67. The maximum absolute atomic E-state index is 6.16. The van der Waals surface area contributed by atoms with Crippen molar-refractivity contribution in [2.45, 2.75) is 37.5 Å². The number of alkyl halides is 1. The molecule has 3 nitrogen and oxygen atoms in total. The van der Waals surface area contributed by atoms with Crippen molar-refractivity contribution in [1.29, 1.82) is 0 Å². The van der Waals surface area contributed by atoms with Crippen LogP contribution in [0.25, 0.3) is 0 Å². The van der Waals surface area contributed by atoms with E-state index >= 15 is 0 Å². The van der Waals surface area contributed by atoms with Gasteiger partial charge in [-0.2, -0.15) is 0 Å². The first-order valence-electron chi connectivity index (χ1n) is 6.74. The Bertz CT molecular complexity index is 181. The van der Waals surface area contributed by atoms with Gasteiger partial charge in [-0.25, -0.2) is 0 Å². The van der Waals surface area contributed by atoms with Gasteiger partial charge in [0.2, 0.25) is 0 Å². The predicted molar refractivity (Wildman–Crippen MR) is 71.8 cm³/mol. The lowest BCUT2D eigenvalue weighted by molar-refractivity contribution is 0.103. The van der Waals surface area contributed by atoms with Gasteiger partial charge in [0.25, 0.3) is 0 Å². The molecule has 2 atom stereocenters. The Morgan fingerprint density at radius 1 is 1.24 bits per heavy atom. The van der Waals surface area contributed by atoms with Crippen LogP contribution in [0.1, 0.15) is 32.1 Å². The van der Waals surface area contributed by atoms with Gasteiger partial charge in [-0.15, -0.1) is 11.6 Å². The van der Waals surface area contributed by atoms with Crippen LogP contribution in [0.2, 0.25) is 0 Å². The molecule has 0 aromatic heterocycles. The lowest BCUT2D eigenvalue weighted by Gasteiger charge is -2.25. The van der Waals surface area contributed by atoms with Gasteiger partial charge in [0.05, 0.1) is 6.61 Å². The average molecular weight is 264 g/mol. The summed E-state index contributed by atoms with van der Waals surface area (Å²) in [6.45, 7) is 4.40. The van der Waals surface area contributed by atoms with Crippen molar-refractivity contribution in [2.75, 3.05) is 40.0 Å². The molecule has 0 radical (unpaired) electrons. The first-order valence-corrected chi connectivity index (χ1v) is 7.18. The van der Waals surface area contributed by atoms with E-state index in [1.165, 1.54) is 25.7 Å². The first-order chi connectivity index (χ1) is 8.33. The van der Waals surface area contributed by atoms with E-state index in [4.69, 9.17) is 21.1 Å². The predicted octanol–water partition coefficient (Wildman–Crippen LogP) is 2.43. The number of hydrogen-bond acceptors (Lipinski definition) is 3. The zero-order chi connectivity index (χ0) is 12.3. The lowest BCUT2D eigenvalue weighted by Crippen LogP contribution is -2.29. The molecule has 1 aliphatic rings. The minimum atomic E-state index is 0.404. The molecule has 1 N–H and O–H groups in total. The fraction of sp³-hybridized carbons (Fsp3) is 1.00. The maximum Gasteiger partial charge on any atom is 0.0590 e. The lowest BCUT2D eigenvalue weighted by atomic mass is 9.89. The van der Waals surface area contributed by atoms with Gasteiger partial charge in [0.1, 0.15) is 0 Å². The van der Waals surface area contributed by atoms with Gasteiger partial charge < -0.3 is 14.8 Å². The SMILES string of the molecule is COCCCOCCNCC1CCCC(Cl)C1. The number of rotatable bonds is 9. The van der Waals surface area contributed by atoms with Crippen LogP contribution in [0, 0.1) is 5.92 Å². The highest BCUT2D eigenvalue weighted by Crippen LogP contribution is 2.27. The Morgan fingerprint density at radius 2 is 2.12 bits per heavy atom. The molecule has 1 aliphatic carbocycles. The number of hydrogen-bond donors (Lipinski definition) is 1. The van der Waals surface area contributed by atoms with Gasteiger partial charge >= 0.3 is 0 Å². The standard InChI is InChI=1S/C13H26ClNO2/c1-16-7-3-8-17-9-6-15-11-12-4-2-5-13(14)10-12/h12-13,15H,2-11H2,1H3. The van der Waals surface area contributed by atoms with Crippen molar-refractivity contribution in [2.24, 2.45) is 5.92 Å². The van der Waals surface area contributed by atoms with Crippen LogP contribution in [-0.4, -0.2) is 45.4 Å². The summed E-state index contributed by atoms with van der Waals surface area (Å²) in [7, 11) is 1.72. The molecule has 102 valence electrons. The second-order valence-corrected chi connectivity index (χ2v) is 5.41. The summed E-state index contributed by atoms with van der Waals surface area (Å²) in [5, 5.41) is 3.86. The normalized spacial score (nSPS) is 25.1. The summed E-state index contributed by atoms with van der Waals surface area (Å²) in [5.74, 6) is 0.764. The van der Waals surface area contributed by atoms with Crippen molar-refractivity contribution in [1.82, 2.24) is 5.32 Å². The zero-order valence-electron chi connectivity index (χ0n) is 10.9. The molecule has 0 bridgehead atoms. The van der Waals surface area contributed by atoms with Crippen molar-refractivity contribution >= 4 is 11.6 Å². The summed E-state index contributed by atoms with van der Waals surface area (Å²) >= 11 is 6.16. The van der Waals surface area contributed by atoms with E-state index in [2.05, 4.69) is 5.32 Å². The third kappa shape index (κ3) is 7.98. The van der Waals surface area contributed by atoms with Crippen LogP contribution >= 0.6 is 11.6 Å². The quantitative estimate of drug-likeness (QED) is 0.512. The van der Waals surface area contributed by atoms with Crippen LogP contribution in [0.4, 0.5) is 0 Å². The van der Waals surface area contributed by atoms with Crippen molar-refractivity contribution in [3.63, 3.8) is 0 Å². The summed E-state index contributed by atoms with van der Waals surface area (Å²) in [5.41, 5.74) is 0. The van der Waals surface area contributed by atoms with Gasteiger partial charge in [-0.3, -0.25) is 0 Å². The third-order valence-corrected chi connectivity index (χ3v) is 3.61. The number of nitrogens with one attached hydrogen (secondary N) is 1. The Kier molecular flexibility index (Phi) is 9.07. The molecule has 17 heavy (non-hydrogen) atoms. The van der Waals surface area contributed by atoms with Gasteiger partial charge in [-0.05, 0) is 38.1 Å². The monoisotopic (exact) mass is 263 g/mol. The molecule has 1 fully saturated rings. The molecule has 1 saturated carbocycles.